The summed E-state index contributed by atoms with van der Waals surface area (Å²) in [5.74, 6) is 1.59. The van der Waals surface area contributed by atoms with Crippen molar-refractivity contribution in [3.63, 3.8) is 0 Å². The Morgan fingerprint density at radius 2 is 2.06 bits per heavy atom. The third kappa shape index (κ3) is 4.50. The maximum Gasteiger partial charge on any atom is 0.239 e. The number of furan rings is 1. The minimum Gasteiger partial charge on any atom is -0.464 e. The Balaban J connectivity index is 2.67. The third-order valence-corrected chi connectivity index (χ3v) is 2.66. The average Bonchev–Trinajstić information content (AvgIpc) is 2.68. The zero-order valence-electron chi connectivity index (χ0n) is 11.6. The van der Waals surface area contributed by atoms with Crippen LogP contribution in [0.15, 0.2) is 16.5 Å². The Morgan fingerprint density at radius 1 is 1.39 bits per heavy atom. The minimum absolute atomic E-state index is 0.0501. The fourth-order valence-electron chi connectivity index (χ4n) is 1.63. The first-order valence-corrected chi connectivity index (χ1v) is 6.14. The molecule has 0 saturated carbocycles. The second-order valence-electron chi connectivity index (χ2n) is 4.86. The topological polar surface area (TPSA) is 62.7 Å². The predicted molar refractivity (Wildman–Crippen MR) is 71.1 cm³/mol. The number of likely N-dealkylation sites (N-methyl/N-ethyl adjacent to an activating group) is 1. The normalized spacial score (nSPS) is 12.8. The molecule has 1 aromatic heterocycles. The van der Waals surface area contributed by atoms with E-state index in [0.717, 1.165) is 18.1 Å². The van der Waals surface area contributed by atoms with Gasteiger partial charge in [0.1, 0.15) is 11.5 Å². The number of carbonyl (C=O) groups is 1. The number of carbonyl (C=O) groups excluding carboxylic acids is 1. The molecular weight excluding hydrogens is 230 g/mol. The number of hydrogen-bond acceptors (Lipinski definition) is 4. The summed E-state index contributed by atoms with van der Waals surface area (Å²) in [5, 5.41) is 0. The van der Waals surface area contributed by atoms with Crippen molar-refractivity contribution in [3.8, 4) is 0 Å². The Morgan fingerprint density at radius 3 is 2.50 bits per heavy atom. The zero-order chi connectivity index (χ0) is 13.7. The van der Waals surface area contributed by atoms with Crippen LogP contribution in [0.25, 0.3) is 0 Å². The van der Waals surface area contributed by atoms with Crippen molar-refractivity contribution in [2.45, 2.75) is 26.4 Å². The fraction of sp³-hybridized carbons (Fsp3) is 0.615. The molecule has 0 unspecified atom stereocenters. The molecule has 1 heterocycles. The highest BCUT2D eigenvalue weighted by Crippen LogP contribution is 2.10. The van der Waals surface area contributed by atoms with Gasteiger partial charge < -0.3 is 20.0 Å². The summed E-state index contributed by atoms with van der Waals surface area (Å²) >= 11 is 0. The molecule has 0 radical (unpaired) electrons. The van der Waals surface area contributed by atoms with Crippen molar-refractivity contribution < 1.29 is 9.21 Å². The van der Waals surface area contributed by atoms with Crippen LogP contribution in [0.3, 0.4) is 0 Å². The van der Waals surface area contributed by atoms with Crippen LogP contribution in [0.4, 0.5) is 0 Å². The van der Waals surface area contributed by atoms with Crippen molar-refractivity contribution in [3.05, 3.63) is 23.7 Å². The maximum atomic E-state index is 12.0. The molecule has 0 aliphatic carbocycles. The molecule has 0 aliphatic heterocycles. The Kier molecular flexibility index (Phi) is 5.37. The fourth-order valence-corrected chi connectivity index (χ4v) is 1.63. The van der Waals surface area contributed by atoms with Crippen LogP contribution in [0, 0.1) is 6.92 Å². The molecule has 0 bridgehead atoms. The van der Waals surface area contributed by atoms with Crippen LogP contribution in [-0.4, -0.2) is 48.9 Å². The molecule has 18 heavy (non-hydrogen) atoms. The van der Waals surface area contributed by atoms with Crippen LogP contribution in [-0.2, 0) is 11.3 Å². The quantitative estimate of drug-likeness (QED) is 0.815. The van der Waals surface area contributed by atoms with E-state index in [2.05, 4.69) is 0 Å². The lowest BCUT2D eigenvalue weighted by atomic mass is 10.2. The standard InChI is InChI=1S/C13H23N3O2/c1-10-5-6-12(18-10)9-16(8-7-15(3)4)13(17)11(2)14/h5-6,11H,7-9,14H2,1-4H3/t11-/m1/s1. The molecule has 102 valence electrons. The molecule has 0 fully saturated rings. The lowest BCUT2D eigenvalue weighted by Gasteiger charge is -2.25. The Bertz CT molecular complexity index is 385. The number of nitrogens with zero attached hydrogens (tertiary/aromatic N) is 2. The second kappa shape index (κ2) is 6.56. The van der Waals surface area contributed by atoms with Crippen molar-refractivity contribution in [1.29, 1.82) is 0 Å². The van der Waals surface area contributed by atoms with E-state index in [4.69, 9.17) is 10.2 Å². The van der Waals surface area contributed by atoms with Crippen molar-refractivity contribution in [2.24, 2.45) is 5.73 Å². The van der Waals surface area contributed by atoms with E-state index in [1.165, 1.54) is 0 Å². The molecule has 1 amide bonds. The molecule has 1 aromatic rings. The Labute approximate surface area is 109 Å². The second-order valence-corrected chi connectivity index (χ2v) is 4.86. The van der Waals surface area contributed by atoms with Crippen LogP contribution in [0.5, 0.6) is 0 Å². The number of aryl methyl sites for hydroxylation is 1. The third-order valence-electron chi connectivity index (χ3n) is 2.66. The van der Waals surface area contributed by atoms with Gasteiger partial charge in [-0.25, -0.2) is 0 Å². The summed E-state index contributed by atoms with van der Waals surface area (Å²) in [6.45, 7) is 5.52. The highest BCUT2D eigenvalue weighted by atomic mass is 16.3. The average molecular weight is 253 g/mol. The minimum atomic E-state index is -0.483. The molecule has 0 spiro atoms. The highest BCUT2D eigenvalue weighted by molar-refractivity contribution is 5.81. The van der Waals surface area contributed by atoms with E-state index in [0.29, 0.717) is 13.1 Å². The number of hydrogen-bond donors (Lipinski definition) is 1. The van der Waals surface area contributed by atoms with Crippen LogP contribution < -0.4 is 5.73 Å². The van der Waals surface area contributed by atoms with E-state index in [9.17, 15) is 4.79 Å². The smallest absolute Gasteiger partial charge is 0.239 e. The molecule has 0 aromatic carbocycles. The summed E-state index contributed by atoms with van der Waals surface area (Å²) in [5.41, 5.74) is 5.67. The van der Waals surface area contributed by atoms with Gasteiger partial charge in [0.2, 0.25) is 5.91 Å². The first kappa shape index (κ1) is 14.7. The number of nitrogens with two attached hydrogens (primary N) is 1. The zero-order valence-corrected chi connectivity index (χ0v) is 11.6. The van der Waals surface area contributed by atoms with Gasteiger partial charge in [-0.3, -0.25) is 4.79 Å². The summed E-state index contributed by atoms with van der Waals surface area (Å²) in [6.07, 6.45) is 0. The van der Waals surface area contributed by atoms with Gasteiger partial charge in [0.25, 0.3) is 0 Å². The van der Waals surface area contributed by atoms with E-state index in [-0.39, 0.29) is 5.91 Å². The van der Waals surface area contributed by atoms with Gasteiger partial charge >= 0.3 is 0 Å². The van der Waals surface area contributed by atoms with Gasteiger partial charge in [0, 0.05) is 13.1 Å². The first-order valence-electron chi connectivity index (χ1n) is 6.14. The summed E-state index contributed by atoms with van der Waals surface area (Å²) in [7, 11) is 3.96. The van der Waals surface area contributed by atoms with Crippen molar-refractivity contribution in [2.75, 3.05) is 27.2 Å². The van der Waals surface area contributed by atoms with Gasteiger partial charge in [0.05, 0.1) is 12.6 Å². The van der Waals surface area contributed by atoms with E-state index in [1.54, 1.807) is 11.8 Å². The van der Waals surface area contributed by atoms with Crippen LogP contribution in [0.1, 0.15) is 18.4 Å². The molecule has 0 saturated heterocycles. The highest BCUT2D eigenvalue weighted by Gasteiger charge is 2.18. The van der Waals surface area contributed by atoms with E-state index >= 15 is 0 Å². The lowest BCUT2D eigenvalue weighted by Crippen LogP contribution is -2.44. The SMILES string of the molecule is Cc1ccc(CN(CCN(C)C)C(=O)[C@@H](C)N)o1. The maximum absolute atomic E-state index is 12.0. The van der Waals surface area contributed by atoms with Crippen LogP contribution >= 0.6 is 0 Å². The molecular formula is C13H23N3O2. The van der Waals surface area contributed by atoms with Gasteiger partial charge in [-0.2, -0.15) is 0 Å². The molecule has 5 heteroatoms. The van der Waals surface area contributed by atoms with Gasteiger partial charge in [0.15, 0.2) is 0 Å². The van der Waals surface area contributed by atoms with Crippen molar-refractivity contribution >= 4 is 5.91 Å². The largest absolute Gasteiger partial charge is 0.464 e. The van der Waals surface area contributed by atoms with Gasteiger partial charge in [-0.15, -0.1) is 0 Å². The molecule has 0 aliphatic rings. The van der Waals surface area contributed by atoms with Gasteiger partial charge in [-0.05, 0) is 40.1 Å². The molecule has 2 N–H and O–H groups in total. The van der Waals surface area contributed by atoms with Crippen LogP contribution in [0.2, 0.25) is 0 Å². The summed E-state index contributed by atoms with van der Waals surface area (Å²) < 4.78 is 5.50. The number of amides is 1. The Hall–Kier alpha value is -1.33. The first-order chi connectivity index (χ1) is 8.40. The summed E-state index contributed by atoms with van der Waals surface area (Å²) in [4.78, 5) is 15.8. The van der Waals surface area contributed by atoms with Gasteiger partial charge in [-0.1, -0.05) is 0 Å². The van der Waals surface area contributed by atoms with E-state index in [1.807, 2.05) is 38.1 Å². The van der Waals surface area contributed by atoms with Crippen molar-refractivity contribution in [1.82, 2.24) is 9.80 Å². The lowest BCUT2D eigenvalue weighted by molar-refractivity contribution is -0.133. The number of rotatable bonds is 6. The molecule has 5 nitrogen and oxygen atoms in total. The molecule has 1 rings (SSSR count). The molecule has 1 atom stereocenters. The monoisotopic (exact) mass is 253 g/mol. The van der Waals surface area contributed by atoms with E-state index < -0.39 is 6.04 Å². The summed E-state index contributed by atoms with van der Waals surface area (Å²) in [6, 6.07) is 3.31. The predicted octanol–water partition coefficient (Wildman–Crippen LogP) is 0.825.